The summed E-state index contributed by atoms with van der Waals surface area (Å²) in [5.41, 5.74) is -1.85. The fraction of sp³-hybridized carbons (Fsp3) is 0.929. The molecule has 5 heteroatoms. The number of carbonyl (C=O) groups excluding carboxylic acids is 1. The minimum Gasteiger partial charge on any atom is -0.390 e. The molecule has 1 saturated heterocycles. The van der Waals surface area contributed by atoms with E-state index >= 15 is 4.39 Å². The van der Waals surface area contributed by atoms with Gasteiger partial charge < -0.3 is 5.11 Å². The Balaban J connectivity index is 1.18. The van der Waals surface area contributed by atoms with Gasteiger partial charge in [0.05, 0.1) is 24.3 Å². The number of nitriles is 1. The number of alkyl halides is 1. The van der Waals surface area contributed by atoms with E-state index in [1.54, 1.807) is 0 Å². The zero-order valence-corrected chi connectivity index (χ0v) is 20.6. The quantitative estimate of drug-likeness (QED) is 0.656. The number of nitrogens with zero attached hydrogens (tertiary/aromatic N) is 2. The second-order valence-corrected chi connectivity index (χ2v) is 13.5. The average molecular weight is 457 g/mol. The normalized spacial score (nSPS) is 57.4. The van der Waals surface area contributed by atoms with Gasteiger partial charge in [0.15, 0.2) is 5.78 Å². The number of hydrogen-bond donors (Lipinski definition) is 1. The molecule has 1 aliphatic heterocycles. The second-order valence-electron chi connectivity index (χ2n) is 13.5. The number of ketones is 1. The lowest BCUT2D eigenvalue weighted by atomic mass is 9.48. The van der Waals surface area contributed by atoms with Gasteiger partial charge in [-0.25, -0.2) is 4.39 Å². The Morgan fingerprint density at radius 3 is 2.64 bits per heavy atom. The maximum absolute atomic E-state index is 16.6. The van der Waals surface area contributed by atoms with E-state index in [1.807, 2.05) is 6.92 Å². The number of aliphatic hydroxyl groups is 1. The molecule has 0 spiro atoms. The van der Waals surface area contributed by atoms with Crippen molar-refractivity contribution in [1.29, 1.82) is 5.26 Å². The second kappa shape index (κ2) is 7.26. The summed E-state index contributed by atoms with van der Waals surface area (Å²) in [5.74, 6) is 2.57. The molecule has 33 heavy (non-hydrogen) atoms. The molecule has 0 aromatic heterocycles. The topological polar surface area (TPSA) is 64.3 Å². The van der Waals surface area contributed by atoms with Crippen molar-refractivity contribution in [3.63, 3.8) is 0 Å². The first kappa shape index (κ1) is 22.5. The molecule has 5 aliphatic carbocycles. The van der Waals surface area contributed by atoms with Gasteiger partial charge in [0.2, 0.25) is 0 Å². The van der Waals surface area contributed by atoms with Crippen LogP contribution in [-0.4, -0.2) is 45.7 Å². The largest absolute Gasteiger partial charge is 0.390 e. The smallest absolute Gasteiger partial charge is 0.150 e. The Labute approximate surface area is 198 Å². The van der Waals surface area contributed by atoms with Crippen LogP contribution in [0.3, 0.4) is 0 Å². The number of rotatable bonds is 3. The van der Waals surface area contributed by atoms with Crippen LogP contribution in [0.1, 0.15) is 85.0 Å². The third kappa shape index (κ3) is 3.15. The number of Topliss-reactive ketones (excluding diaryl/α,β-unsaturated/α-hetero) is 1. The Bertz CT molecular complexity index is 884. The van der Waals surface area contributed by atoms with Crippen molar-refractivity contribution in [1.82, 2.24) is 4.90 Å². The molecule has 1 heterocycles. The van der Waals surface area contributed by atoms with Crippen LogP contribution in [0.4, 0.5) is 4.39 Å². The maximum Gasteiger partial charge on any atom is 0.150 e. The molecule has 182 valence electrons. The van der Waals surface area contributed by atoms with Crippen LogP contribution in [0.25, 0.3) is 0 Å². The fourth-order valence-corrected chi connectivity index (χ4v) is 10.2. The molecular weight excluding hydrogens is 415 g/mol. The van der Waals surface area contributed by atoms with E-state index in [4.69, 9.17) is 0 Å². The number of hydrogen-bond acceptors (Lipinski definition) is 4. The molecule has 6 rings (SSSR count). The monoisotopic (exact) mass is 456 g/mol. The first-order valence-corrected chi connectivity index (χ1v) is 13.7. The van der Waals surface area contributed by atoms with Gasteiger partial charge in [-0.1, -0.05) is 13.8 Å². The minimum atomic E-state index is -1.12. The third-order valence-corrected chi connectivity index (χ3v) is 12.0. The summed E-state index contributed by atoms with van der Waals surface area (Å²) in [6, 6.07) is 2.79. The van der Waals surface area contributed by atoms with Crippen LogP contribution in [0, 0.1) is 58.2 Å². The van der Waals surface area contributed by atoms with Crippen molar-refractivity contribution in [3.8, 4) is 6.07 Å². The van der Waals surface area contributed by atoms with Crippen molar-refractivity contribution >= 4 is 5.78 Å². The zero-order chi connectivity index (χ0) is 23.3. The molecule has 0 bridgehead atoms. The maximum atomic E-state index is 16.6. The van der Waals surface area contributed by atoms with Crippen molar-refractivity contribution in [2.75, 3.05) is 6.54 Å². The summed E-state index contributed by atoms with van der Waals surface area (Å²) in [4.78, 5) is 15.9. The number of piperidine rings is 1. The molecule has 0 radical (unpaired) electrons. The van der Waals surface area contributed by atoms with E-state index in [0.717, 1.165) is 44.9 Å². The molecule has 0 aromatic rings. The molecule has 6 fully saturated rings. The van der Waals surface area contributed by atoms with Crippen molar-refractivity contribution in [2.45, 2.75) is 108 Å². The van der Waals surface area contributed by atoms with Crippen molar-refractivity contribution in [3.05, 3.63) is 0 Å². The highest BCUT2D eigenvalue weighted by Gasteiger charge is 2.64. The van der Waals surface area contributed by atoms with Gasteiger partial charge in [0.25, 0.3) is 0 Å². The average Bonchev–Trinajstić information content (AvgIpc) is 3.08. The first-order chi connectivity index (χ1) is 15.6. The molecule has 4 nitrogen and oxygen atoms in total. The number of carbonyl (C=O) groups is 1. The zero-order valence-electron chi connectivity index (χ0n) is 20.6. The SMILES string of the molecule is C[C@@H]1[C@@H]2CC(C#N)N(CC(=O)[C@H]3CC[C@H]4[C@@H]5CC[C@@H]6C[C@](C)(O)CC[C@]6(F)C5CC[C@]34C)[C@H]12. The van der Waals surface area contributed by atoms with Crippen LogP contribution in [0.5, 0.6) is 0 Å². The van der Waals surface area contributed by atoms with E-state index in [-0.39, 0.29) is 29.2 Å². The molecule has 0 aromatic carbocycles. The Morgan fingerprint density at radius 1 is 1.09 bits per heavy atom. The Hall–Kier alpha value is -0.990. The van der Waals surface area contributed by atoms with Crippen LogP contribution in [-0.2, 0) is 4.79 Å². The van der Waals surface area contributed by atoms with Gasteiger partial charge in [0.1, 0.15) is 5.67 Å². The molecule has 6 aliphatic rings. The number of likely N-dealkylation sites (tertiary alicyclic amines) is 1. The molecular formula is C28H41FN2O2. The molecule has 2 unspecified atom stereocenters. The van der Waals surface area contributed by atoms with E-state index < -0.39 is 11.3 Å². The Morgan fingerprint density at radius 2 is 1.88 bits per heavy atom. The lowest BCUT2D eigenvalue weighted by molar-refractivity contribution is -0.166. The van der Waals surface area contributed by atoms with Gasteiger partial charge in [0, 0.05) is 12.0 Å². The lowest BCUT2D eigenvalue weighted by Gasteiger charge is -2.59. The standard InChI is InChI=1S/C28H41FN2O2/c1-16-20-12-18(14-30)31(25(16)20)15-24(32)23-7-6-21-19-5-4-17-13-26(2,33)10-11-28(17,29)22(19)8-9-27(21,23)3/h16-23,25,33H,4-13,15H2,1-3H3/t16-,17-,18?,19+,20+,21+,22?,23-,25-,26-,27+,28-/m1/s1. The molecule has 5 saturated carbocycles. The van der Waals surface area contributed by atoms with Crippen LogP contribution in [0.15, 0.2) is 0 Å². The first-order valence-electron chi connectivity index (χ1n) is 13.7. The van der Waals surface area contributed by atoms with Crippen molar-refractivity contribution < 1.29 is 14.3 Å². The van der Waals surface area contributed by atoms with Crippen LogP contribution in [0.2, 0.25) is 0 Å². The summed E-state index contributed by atoms with van der Waals surface area (Å²) in [7, 11) is 0. The minimum absolute atomic E-state index is 0.00255. The van der Waals surface area contributed by atoms with Gasteiger partial charge in [-0.15, -0.1) is 0 Å². The Kier molecular flexibility index (Phi) is 4.95. The number of halogens is 1. The molecule has 0 amide bonds. The van der Waals surface area contributed by atoms with E-state index in [1.165, 1.54) is 0 Å². The summed E-state index contributed by atoms with van der Waals surface area (Å²) in [5, 5.41) is 20.2. The molecule has 12 atom stereocenters. The highest BCUT2D eigenvalue weighted by Crippen LogP contribution is 2.66. The number of fused-ring (bicyclic) bond motifs is 6. The summed E-state index contributed by atoms with van der Waals surface area (Å²) >= 11 is 0. The van der Waals surface area contributed by atoms with Gasteiger partial charge in [-0.3, -0.25) is 9.69 Å². The lowest BCUT2D eigenvalue weighted by Crippen LogP contribution is -2.58. The predicted octanol–water partition coefficient (Wildman–Crippen LogP) is 4.90. The highest BCUT2D eigenvalue weighted by molar-refractivity contribution is 5.84. The van der Waals surface area contributed by atoms with Crippen molar-refractivity contribution in [2.24, 2.45) is 46.8 Å². The van der Waals surface area contributed by atoms with E-state index in [2.05, 4.69) is 24.8 Å². The summed E-state index contributed by atoms with van der Waals surface area (Å²) in [6.45, 7) is 6.91. The third-order valence-electron chi connectivity index (χ3n) is 12.0. The van der Waals surface area contributed by atoms with Crippen LogP contribution >= 0.6 is 0 Å². The molecule has 1 N–H and O–H groups in total. The van der Waals surface area contributed by atoms with Gasteiger partial charge >= 0.3 is 0 Å². The van der Waals surface area contributed by atoms with Gasteiger partial charge in [-0.05, 0) is 112 Å². The summed E-state index contributed by atoms with van der Waals surface area (Å²) in [6.07, 6.45) is 8.39. The van der Waals surface area contributed by atoms with Crippen LogP contribution < -0.4 is 0 Å². The summed E-state index contributed by atoms with van der Waals surface area (Å²) < 4.78 is 16.6. The highest BCUT2D eigenvalue weighted by atomic mass is 19.1. The predicted molar refractivity (Wildman–Crippen MR) is 124 cm³/mol. The van der Waals surface area contributed by atoms with E-state index in [9.17, 15) is 15.2 Å². The van der Waals surface area contributed by atoms with E-state index in [0.29, 0.717) is 61.3 Å². The fourth-order valence-electron chi connectivity index (χ4n) is 10.2. The van der Waals surface area contributed by atoms with Gasteiger partial charge in [-0.2, -0.15) is 5.26 Å².